The molecule has 0 atom stereocenters. The number of amides is 1. The number of likely N-dealkylation sites (N-methyl/N-ethyl adjacent to an activating group) is 1. The summed E-state index contributed by atoms with van der Waals surface area (Å²) < 4.78 is 0. The summed E-state index contributed by atoms with van der Waals surface area (Å²) >= 11 is 6.00. The van der Waals surface area contributed by atoms with Gasteiger partial charge in [0.25, 0.3) is 5.91 Å². The van der Waals surface area contributed by atoms with E-state index in [2.05, 4.69) is 16.9 Å². The molecule has 1 aromatic rings. The maximum Gasteiger partial charge on any atom is 0.257 e. The summed E-state index contributed by atoms with van der Waals surface area (Å²) in [6.45, 7) is 5.17. The predicted octanol–water partition coefficient (Wildman–Crippen LogP) is 1.43. The van der Waals surface area contributed by atoms with Gasteiger partial charge in [-0.3, -0.25) is 4.79 Å². The summed E-state index contributed by atoms with van der Waals surface area (Å²) in [6.07, 6.45) is 0. The second kappa shape index (κ2) is 5.02. The van der Waals surface area contributed by atoms with E-state index < -0.39 is 0 Å². The van der Waals surface area contributed by atoms with Crippen molar-refractivity contribution < 1.29 is 4.79 Å². The molecule has 1 amide bonds. The van der Waals surface area contributed by atoms with Gasteiger partial charge in [0.1, 0.15) is 5.15 Å². The van der Waals surface area contributed by atoms with Crippen LogP contribution < -0.4 is 0 Å². The first-order valence-electron chi connectivity index (χ1n) is 5.69. The highest BCUT2D eigenvalue weighted by atomic mass is 35.5. The molecule has 4 nitrogen and oxygen atoms in total. The molecule has 1 saturated heterocycles. The number of aromatic nitrogens is 1. The fourth-order valence-corrected chi connectivity index (χ4v) is 2.14. The maximum absolute atomic E-state index is 12.2. The van der Waals surface area contributed by atoms with E-state index in [0.29, 0.717) is 10.7 Å². The largest absolute Gasteiger partial charge is 0.336 e. The van der Waals surface area contributed by atoms with Crippen molar-refractivity contribution in [3.63, 3.8) is 0 Å². The molecule has 0 aliphatic carbocycles. The van der Waals surface area contributed by atoms with Crippen LogP contribution in [0.1, 0.15) is 16.1 Å². The zero-order valence-electron chi connectivity index (χ0n) is 10.1. The number of rotatable bonds is 1. The first-order valence-corrected chi connectivity index (χ1v) is 6.06. The van der Waals surface area contributed by atoms with Crippen molar-refractivity contribution in [3.05, 3.63) is 28.5 Å². The third kappa shape index (κ3) is 2.76. The second-order valence-electron chi connectivity index (χ2n) is 4.39. The normalized spacial score (nSPS) is 17.2. The van der Waals surface area contributed by atoms with E-state index in [1.165, 1.54) is 0 Å². The van der Waals surface area contributed by atoms with Crippen LogP contribution >= 0.6 is 11.6 Å². The Hall–Kier alpha value is -1.13. The molecule has 0 radical (unpaired) electrons. The van der Waals surface area contributed by atoms with Crippen molar-refractivity contribution in [2.75, 3.05) is 33.2 Å². The Morgan fingerprint density at radius 1 is 1.29 bits per heavy atom. The molecular weight excluding hydrogens is 238 g/mol. The Bertz CT molecular complexity index is 428. The lowest BCUT2D eigenvalue weighted by molar-refractivity contribution is 0.0664. The van der Waals surface area contributed by atoms with E-state index in [1.54, 1.807) is 6.07 Å². The molecule has 1 aromatic heterocycles. The molecule has 0 spiro atoms. The van der Waals surface area contributed by atoms with Crippen molar-refractivity contribution >= 4 is 17.5 Å². The minimum absolute atomic E-state index is 0.0180. The summed E-state index contributed by atoms with van der Waals surface area (Å²) in [5.74, 6) is -0.0180. The quantitative estimate of drug-likeness (QED) is 0.711. The van der Waals surface area contributed by atoms with Gasteiger partial charge in [-0.1, -0.05) is 11.6 Å². The monoisotopic (exact) mass is 253 g/mol. The highest BCUT2D eigenvalue weighted by Gasteiger charge is 2.22. The van der Waals surface area contributed by atoms with E-state index in [1.807, 2.05) is 17.9 Å². The molecular formula is C12H16ClN3O. The average molecular weight is 254 g/mol. The smallest absolute Gasteiger partial charge is 0.257 e. The molecule has 2 rings (SSSR count). The van der Waals surface area contributed by atoms with Crippen LogP contribution in [-0.4, -0.2) is 53.9 Å². The van der Waals surface area contributed by atoms with E-state index in [4.69, 9.17) is 11.6 Å². The Balaban J connectivity index is 2.14. The number of halogens is 1. The topological polar surface area (TPSA) is 36.4 Å². The maximum atomic E-state index is 12.2. The molecule has 1 fully saturated rings. The first-order chi connectivity index (χ1) is 8.08. The highest BCUT2D eigenvalue weighted by molar-refractivity contribution is 6.32. The lowest BCUT2D eigenvalue weighted by Crippen LogP contribution is -2.47. The molecule has 0 saturated carbocycles. The number of nitrogens with zero attached hydrogens (tertiary/aromatic N) is 3. The van der Waals surface area contributed by atoms with Crippen LogP contribution in [0.3, 0.4) is 0 Å². The number of aryl methyl sites for hydroxylation is 1. The van der Waals surface area contributed by atoms with Gasteiger partial charge in [-0.05, 0) is 26.1 Å². The molecule has 5 heteroatoms. The Kier molecular flexibility index (Phi) is 3.64. The fraction of sp³-hybridized carbons (Fsp3) is 0.500. The minimum Gasteiger partial charge on any atom is -0.336 e. The highest BCUT2D eigenvalue weighted by Crippen LogP contribution is 2.16. The molecule has 1 aliphatic heterocycles. The number of pyridine rings is 1. The molecule has 0 unspecified atom stereocenters. The standard InChI is InChI=1S/C12H16ClN3O/c1-9-3-4-10(11(13)14-9)12(17)16-7-5-15(2)6-8-16/h3-4H,5-8H2,1-2H3. The summed E-state index contributed by atoms with van der Waals surface area (Å²) in [5, 5.41) is 0.300. The number of piperazine rings is 1. The summed E-state index contributed by atoms with van der Waals surface area (Å²) in [4.78, 5) is 20.4. The molecule has 1 aliphatic rings. The van der Waals surface area contributed by atoms with Crippen molar-refractivity contribution in [2.45, 2.75) is 6.92 Å². The van der Waals surface area contributed by atoms with Crippen molar-refractivity contribution in [1.82, 2.24) is 14.8 Å². The van der Waals surface area contributed by atoms with Gasteiger partial charge in [0.2, 0.25) is 0 Å². The van der Waals surface area contributed by atoms with E-state index >= 15 is 0 Å². The van der Waals surface area contributed by atoms with Crippen molar-refractivity contribution in [2.24, 2.45) is 0 Å². The molecule has 0 bridgehead atoms. The van der Waals surface area contributed by atoms with Crippen molar-refractivity contribution in [3.8, 4) is 0 Å². The van der Waals surface area contributed by atoms with Gasteiger partial charge in [-0.2, -0.15) is 0 Å². The van der Waals surface area contributed by atoms with Gasteiger partial charge in [-0.15, -0.1) is 0 Å². The SMILES string of the molecule is Cc1ccc(C(=O)N2CCN(C)CC2)c(Cl)n1. The first kappa shape index (κ1) is 12.3. The zero-order valence-corrected chi connectivity index (χ0v) is 10.9. The summed E-state index contributed by atoms with van der Waals surface area (Å²) in [7, 11) is 2.06. The van der Waals surface area contributed by atoms with Gasteiger partial charge >= 0.3 is 0 Å². The van der Waals surface area contributed by atoms with Gasteiger partial charge in [0, 0.05) is 31.9 Å². The number of hydrogen-bond acceptors (Lipinski definition) is 3. The zero-order chi connectivity index (χ0) is 12.4. The number of carbonyl (C=O) groups is 1. The van der Waals surface area contributed by atoms with Gasteiger partial charge < -0.3 is 9.80 Å². The summed E-state index contributed by atoms with van der Waals surface area (Å²) in [6, 6.07) is 3.57. The lowest BCUT2D eigenvalue weighted by Gasteiger charge is -2.32. The van der Waals surface area contributed by atoms with Crippen molar-refractivity contribution in [1.29, 1.82) is 0 Å². The van der Waals surface area contributed by atoms with Gasteiger partial charge in [-0.25, -0.2) is 4.98 Å². The minimum atomic E-state index is -0.0180. The molecule has 2 heterocycles. The Morgan fingerprint density at radius 3 is 2.53 bits per heavy atom. The van der Waals surface area contributed by atoms with E-state index in [0.717, 1.165) is 31.9 Å². The lowest BCUT2D eigenvalue weighted by atomic mass is 10.2. The van der Waals surface area contributed by atoms with Gasteiger partial charge in [0.05, 0.1) is 5.56 Å². The van der Waals surface area contributed by atoms with Crippen LogP contribution in [0.4, 0.5) is 0 Å². The van der Waals surface area contributed by atoms with Crippen LogP contribution in [0.2, 0.25) is 5.15 Å². The van der Waals surface area contributed by atoms with Crippen LogP contribution in [0, 0.1) is 6.92 Å². The molecule has 92 valence electrons. The van der Waals surface area contributed by atoms with Crippen LogP contribution in [0.25, 0.3) is 0 Å². The Labute approximate surface area is 106 Å². The molecule has 17 heavy (non-hydrogen) atoms. The summed E-state index contributed by atoms with van der Waals surface area (Å²) in [5.41, 5.74) is 1.33. The third-order valence-corrected chi connectivity index (χ3v) is 3.30. The number of carbonyl (C=O) groups excluding carboxylic acids is 1. The van der Waals surface area contributed by atoms with Gasteiger partial charge in [0.15, 0.2) is 0 Å². The molecule has 0 aromatic carbocycles. The van der Waals surface area contributed by atoms with Crippen LogP contribution in [0.5, 0.6) is 0 Å². The molecule has 0 N–H and O–H groups in total. The fourth-order valence-electron chi connectivity index (χ4n) is 1.86. The number of hydrogen-bond donors (Lipinski definition) is 0. The second-order valence-corrected chi connectivity index (χ2v) is 4.74. The van der Waals surface area contributed by atoms with E-state index in [9.17, 15) is 4.79 Å². The average Bonchev–Trinajstić information content (AvgIpc) is 2.29. The van der Waals surface area contributed by atoms with E-state index in [-0.39, 0.29) is 5.91 Å². The van der Waals surface area contributed by atoms with Crippen LogP contribution in [0.15, 0.2) is 12.1 Å². The Morgan fingerprint density at radius 2 is 1.94 bits per heavy atom. The predicted molar refractivity (Wildman–Crippen MR) is 67.4 cm³/mol. The van der Waals surface area contributed by atoms with Crippen LogP contribution in [-0.2, 0) is 0 Å². The third-order valence-electron chi connectivity index (χ3n) is 3.01.